The van der Waals surface area contributed by atoms with E-state index in [1.165, 1.54) is 6.33 Å². The molecule has 0 saturated carbocycles. The fourth-order valence-electron chi connectivity index (χ4n) is 1.24. The van der Waals surface area contributed by atoms with Gasteiger partial charge in [0.15, 0.2) is 0 Å². The summed E-state index contributed by atoms with van der Waals surface area (Å²) in [7, 11) is 0. The number of alkyl halides is 3. The van der Waals surface area contributed by atoms with E-state index in [-0.39, 0.29) is 13.2 Å². The Bertz CT molecular complexity index is 373. The average molecular weight is 278 g/mol. The van der Waals surface area contributed by atoms with Gasteiger partial charge in [-0.3, -0.25) is 0 Å². The normalized spacial score (nSPS) is 11.4. The number of anilines is 2. The number of rotatable bonds is 8. The predicted octanol–water partition coefficient (Wildman–Crippen LogP) is 2.29. The second-order valence-corrected chi connectivity index (χ2v) is 3.81. The number of nitrogens with one attached hydrogen (secondary N) is 2. The Morgan fingerprint density at radius 1 is 1.16 bits per heavy atom. The number of hydrogen-bond donors (Lipinski definition) is 2. The average Bonchev–Trinajstić information content (AvgIpc) is 2.35. The zero-order chi connectivity index (χ0) is 14.1. The first kappa shape index (κ1) is 15.5. The number of aromatic nitrogens is 2. The maximum Gasteiger partial charge on any atom is 0.411 e. The number of ether oxygens (including phenoxy) is 1. The van der Waals surface area contributed by atoms with Crippen LogP contribution in [0.4, 0.5) is 24.8 Å². The molecule has 19 heavy (non-hydrogen) atoms. The fraction of sp³-hybridized carbons (Fsp3) is 0.636. The first-order valence-electron chi connectivity index (χ1n) is 5.95. The van der Waals surface area contributed by atoms with Crippen LogP contribution in [-0.4, -0.2) is 42.4 Å². The molecule has 108 valence electrons. The smallest absolute Gasteiger partial charge is 0.370 e. The maximum absolute atomic E-state index is 11.8. The zero-order valence-electron chi connectivity index (χ0n) is 10.6. The summed E-state index contributed by atoms with van der Waals surface area (Å²) in [5.41, 5.74) is 0. The molecule has 0 atom stereocenters. The third kappa shape index (κ3) is 7.45. The van der Waals surface area contributed by atoms with Crippen molar-refractivity contribution in [2.75, 3.05) is 36.9 Å². The van der Waals surface area contributed by atoms with Crippen LogP contribution < -0.4 is 10.6 Å². The van der Waals surface area contributed by atoms with Crippen LogP contribution >= 0.6 is 0 Å². The van der Waals surface area contributed by atoms with E-state index < -0.39 is 12.8 Å². The van der Waals surface area contributed by atoms with Crippen molar-refractivity contribution in [3.8, 4) is 0 Å². The lowest BCUT2D eigenvalue weighted by Gasteiger charge is -2.09. The minimum atomic E-state index is -4.29. The van der Waals surface area contributed by atoms with E-state index in [1.54, 1.807) is 6.07 Å². The summed E-state index contributed by atoms with van der Waals surface area (Å²) < 4.78 is 39.9. The zero-order valence-corrected chi connectivity index (χ0v) is 10.6. The molecule has 0 aliphatic carbocycles. The standard InChI is InChI=1S/C11H17F3N4O/c1-2-3-15-9-6-10(18-8-17-9)16-4-5-19-7-11(12,13)14/h6,8H,2-5,7H2,1H3,(H2,15,16,17,18). The molecule has 5 nitrogen and oxygen atoms in total. The Hall–Kier alpha value is -1.57. The van der Waals surface area contributed by atoms with Crippen molar-refractivity contribution in [3.05, 3.63) is 12.4 Å². The minimum absolute atomic E-state index is 0.0404. The van der Waals surface area contributed by atoms with E-state index in [0.717, 1.165) is 13.0 Å². The highest BCUT2D eigenvalue weighted by Crippen LogP contribution is 2.14. The molecule has 0 fully saturated rings. The second kappa shape index (κ2) is 7.78. The fourth-order valence-corrected chi connectivity index (χ4v) is 1.24. The second-order valence-electron chi connectivity index (χ2n) is 3.81. The summed E-state index contributed by atoms with van der Waals surface area (Å²) in [6.07, 6.45) is -1.93. The van der Waals surface area contributed by atoms with Gasteiger partial charge in [0.1, 0.15) is 24.6 Å². The van der Waals surface area contributed by atoms with Gasteiger partial charge in [-0.05, 0) is 6.42 Å². The molecule has 0 aromatic carbocycles. The highest BCUT2D eigenvalue weighted by atomic mass is 19.4. The molecule has 8 heteroatoms. The molecular formula is C11H17F3N4O. The molecule has 1 heterocycles. The molecule has 0 amide bonds. The number of nitrogens with zero attached hydrogens (tertiary/aromatic N) is 2. The van der Waals surface area contributed by atoms with Crippen molar-refractivity contribution < 1.29 is 17.9 Å². The number of hydrogen-bond acceptors (Lipinski definition) is 5. The molecule has 0 aliphatic heterocycles. The summed E-state index contributed by atoms with van der Waals surface area (Å²) in [5.74, 6) is 1.22. The van der Waals surface area contributed by atoms with E-state index in [9.17, 15) is 13.2 Å². The van der Waals surface area contributed by atoms with Crippen LogP contribution in [0, 0.1) is 0 Å². The van der Waals surface area contributed by atoms with Crippen molar-refractivity contribution in [3.63, 3.8) is 0 Å². The summed E-state index contributed by atoms with van der Waals surface area (Å²) in [5, 5.41) is 5.95. The lowest BCUT2D eigenvalue weighted by atomic mass is 10.4. The van der Waals surface area contributed by atoms with Crippen LogP contribution in [0.2, 0.25) is 0 Å². The topological polar surface area (TPSA) is 59.1 Å². The van der Waals surface area contributed by atoms with Gasteiger partial charge in [-0.25, -0.2) is 9.97 Å². The van der Waals surface area contributed by atoms with Crippen LogP contribution in [-0.2, 0) is 4.74 Å². The third-order valence-corrected chi connectivity index (χ3v) is 2.04. The molecule has 2 N–H and O–H groups in total. The third-order valence-electron chi connectivity index (χ3n) is 2.04. The van der Waals surface area contributed by atoms with E-state index in [0.29, 0.717) is 11.6 Å². The molecule has 1 rings (SSSR count). The summed E-state index contributed by atoms with van der Waals surface area (Å²) in [6.45, 7) is 1.81. The highest BCUT2D eigenvalue weighted by molar-refractivity contribution is 5.46. The van der Waals surface area contributed by atoms with Crippen LogP contribution in [0.1, 0.15) is 13.3 Å². The van der Waals surface area contributed by atoms with E-state index in [1.807, 2.05) is 6.92 Å². The van der Waals surface area contributed by atoms with Gasteiger partial charge in [0.25, 0.3) is 0 Å². The Labute approximate surface area is 109 Å². The lowest BCUT2D eigenvalue weighted by Crippen LogP contribution is -2.20. The van der Waals surface area contributed by atoms with E-state index in [4.69, 9.17) is 0 Å². The van der Waals surface area contributed by atoms with Crippen LogP contribution in [0.15, 0.2) is 12.4 Å². The summed E-state index contributed by atoms with van der Waals surface area (Å²) >= 11 is 0. The summed E-state index contributed by atoms with van der Waals surface area (Å²) in [4.78, 5) is 7.97. The van der Waals surface area contributed by atoms with Crippen molar-refractivity contribution in [2.45, 2.75) is 19.5 Å². The van der Waals surface area contributed by atoms with Crippen molar-refractivity contribution in [1.29, 1.82) is 0 Å². The Kier molecular flexibility index (Phi) is 6.34. The Balaban J connectivity index is 2.25. The van der Waals surface area contributed by atoms with Crippen LogP contribution in [0.25, 0.3) is 0 Å². The Morgan fingerprint density at radius 3 is 2.37 bits per heavy atom. The highest BCUT2D eigenvalue weighted by Gasteiger charge is 2.27. The molecule has 0 unspecified atom stereocenters. The maximum atomic E-state index is 11.8. The molecular weight excluding hydrogens is 261 g/mol. The molecule has 1 aromatic heterocycles. The quantitative estimate of drug-likeness (QED) is 0.714. The molecule has 0 spiro atoms. The molecule has 0 bridgehead atoms. The van der Waals surface area contributed by atoms with Crippen molar-refractivity contribution in [1.82, 2.24) is 9.97 Å². The van der Waals surface area contributed by atoms with Gasteiger partial charge in [0, 0.05) is 19.2 Å². The first-order chi connectivity index (χ1) is 9.01. The van der Waals surface area contributed by atoms with Crippen LogP contribution in [0.5, 0.6) is 0 Å². The monoisotopic (exact) mass is 278 g/mol. The van der Waals surface area contributed by atoms with Crippen molar-refractivity contribution in [2.24, 2.45) is 0 Å². The van der Waals surface area contributed by atoms with Gasteiger partial charge in [-0.1, -0.05) is 6.92 Å². The van der Waals surface area contributed by atoms with Crippen molar-refractivity contribution >= 4 is 11.6 Å². The largest absolute Gasteiger partial charge is 0.411 e. The molecule has 0 saturated heterocycles. The number of halogens is 3. The van der Waals surface area contributed by atoms with E-state index >= 15 is 0 Å². The summed E-state index contributed by atoms with van der Waals surface area (Å²) in [6, 6.07) is 1.69. The van der Waals surface area contributed by atoms with Gasteiger partial charge in [0.2, 0.25) is 0 Å². The van der Waals surface area contributed by atoms with Gasteiger partial charge in [-0.15, -0.1) is 0 Å². The molecule has 0 radical (unpaired) electrons. The first-order valence-corrected chi connectivity index (χ1v) is 5.95. The van der Waals surface area contributed by atoms with Gasteiger partial charge < -0.3 is 15.4 Å². The van der Waals surface area contributed by atoms with Gasteiger partial charge in [0.05, 0.1) is 6.61 Å². The van der Waals surface area contributed by atoms with Crippen LogP contribution in [0.3, 0.4) is 0 Å². The van der Waals surface area contributed by atoms with E-state index in [2.05, 4.69) is 25.3 Å². The lowest BCUT2D eigenvalue weighted by molar-refractivity contribution is -0.172. The molecule has 0 aliphatic rings. The minimum Gasteiger partial charge on any atom is -0.370 e. The van der Waals surface area contributed by atoms with Gasteiger partial charge >= 0.3 is 6.18 Å². The SMILES string of the molecule is CCCNc1cc(NCCOCC(F)(F)F)ncn1. The van der Waals surface area contributed by atoms with Gasteiger partial charge in [-0.2, -0.15) is 13.2 Å². The predicted molar refractivity (Wildman–Crippen MR) is 66.2 cm³/mol. The Morgan fingerprint density at radius 2 is 1.79 bits per heavy atom. The molecule has 1 aromatic rings.